The first-order valence-corrected chi connectivity index (χ1v) is 4.26. The summed E-state index contributed by atoms with van der Waals surface area (Å²) in [5, 5.41) is 0. The molecule has 0 saturated carbocycles. The van der Waals surface area contributed by atoms with E-state index in [9.17, 15) is 9.59 Å². The molecule has 0 atom stereocenters. The topological polar surface area (TPSA) is 43.4 Å². The summed E-state index contributed by atoms with van der Waals surface area (Å²) in [7, 11) is 0. The lowest BCUT2D eigenvalue weighted by molar-refractivity contribution is -0.131. The molecule has 0 radical (unpaired) electrons. The first-order chi connectivity index (χ1) is 6.26. The van der Waals surface area contributed by atoms with Gasteiger partial charge in [0, 0.05) is 5.56 Å². The summed E-state index contributed by atoms with van der Waals surface area (Å²) in [5.74, 6) is -0.386. The van der Waals surface area contributed by atoms with Gasteiger partial charge in [-0.1, -0.05) is 18.2 Å². The number of hydrogen-bond donors (Lipinski definition) is 0. The lowest BCUT2D eigenvalue weighted by Gasteiger charge is -1.98. The minimum Gasteiger partial charge on any atom is -0.383 e. The van der Waals surface area contributed by atoms with Gasteiger partial charge in [0.25, 0.3) is 0 Å². The van der Waals surface area contributed by atoms with E-state index in [1.54, 1.807) is 24.3 Å². The molecule has 0 aliphatic heterocycles. The molecule has 0 amide bonds. The minimum absolute atomic E-state index is 0.160. The molecule has 1 rings (SSSR count). The van der Waals surface area contributed by atoms with Crippen LogP contribution in [0, 0.1) is 0 Å². The molecule has 0 saturated heterocycles. The molecule has 68 valence electrons. The smallest absolute Gasteiger partial charge is 0.321 e. The zero-order valence-electron chi connectivity index (χ0n) is 6.70. The van der Waals surface area contributed by atoms with Crippen LogP contribution in [0.5, 0.6) is 0 Å². The fourth-order valence-electron chi connectivity index (χ4n) is 0.970. The lowest BCUT2D eigenvalue weighted by Crippen LogP contribution is -2.01. The van der Waals surface area contributed by atoms with Crippen LogP contribution in [-0.2, 0) is 15.0 Å². The predicted molar refractivity (Wildman–Crippen MR) is 50.6 cm³/mol. The van der Waals surface area contributed by atoms with E-state index in [4.69, 9.17) is 0 Å². The highest BCUT2D eigenvalue weighted by Crippen LogP contribution is 2.05. The van der Waals surface area contributed by atoms with E-state index in [0.29, 0.717) is 5.56 Å². The van der Waals surface area contributed by atoms with Crippen molar-refractivity contribution in [3.8, 4) is 0 Å². The van der Waals surface area contributed by atoms with Crippen molar-refractivity contribution in [2.45, 2.75) is 6.42 Å². The molecule has 0 aromatic heterocycles. The molecule has 0 unspecified atom stereocenters. The summed E-state index contributed by atoms with van der Waals surface area (Å²) in [5.41, 5.74) is 1.31. The van der Waals surface area contributed by atoms with Gasteiger partial charge in [-0.05, 0) is 11.6 Å². The predicted octanol–water partition coefficient (Wildman–Crippen LogP) is 1.89. The Bertz CT molecular complexity index is 322. The van der Waals surface area contributed by atoms with Crippen LogP contribution in [0.15, 0.2) is 24.3 Å². The second kappa shape index (κ2) is 4.77. The molecule has 0 bridgehead atoms. The van der Waals surface area contributed by atoms with Crippen LogP contribution < -0.4 is 0 Å². The highest BCUT2D eigenvalue weighted by atomic mass is 79.9. The van der Waals surface area contributed by atoms with Gasteiger partial charge in [0.2, 0.25) is 0 Å². The first kappa shape index (κ1) is 9.92. The monoisotopic (exact) mass is 242 g/mol. The van der Waals surface area contributed by atoms with E-state index in [2.05, 4.69) is 20.1 Å². The molecule has 4 heteroatoms. The van der Waals surface area contributed by atoms with Gasteiger partial charge in [0.15, 0.2) is 16.3 Å². The molecule has 1 aromatic carbocycles. The van der Waals surface area contributed by atoms with Gasteiger partial charge in [0.1, 0.15) is 6.29 Å². The van der Waals surface area contributed by atoms with Gasteiger partial charge in [-0.2, -0.15) is 0 Å². The third kappa shape index (κ3) is 2.99. The van der Waals surface area contributed by atoms with Gasteiger partial charge in [-0.15, -0.1) is 0 Å². The van der Waals surface area contributed by atoms with E-state index >= 15 is 0 Å². The maximum Gasteiger partial charge on any atom is 0.321 e. The van der Waals surface area contributed by atoms with Crippen LogP contribution in [0.2, 0.25) is 0 Å². The van der Waals surface area contributed by atoms with Crippen LogP contribution in [0.4, 0.5) is 0 Å². The van der Waals surface area contributed by atoms with Crippen molar-refractivity contribution >= 4 is 28.5 Å². The summed E-state index contributed by atoms with van der Waals surface area (Å²) in [6.07, 6.45) is 0.899. The van der Waals surface area contributed by atoms with E-state index in [0.717, 1.165) is 11.8 Å². The maximum absolute atomic E-state index is 10.8. The Hall–Kier alpha value is -1.16. The van der Waals surface area contributed by atoms with E-state index in [-0.39, 0.29) is 12.4 Å². The minimum atomic E-state index is -0.386. The van der Waals surface area contributed by atoms with E-state index < -0.39 is 0 Å². The molecule has 0 N–H and O–H groups in total. The standard InChI is InChI=1S/C9H7BrO3/c10-13-9(12)5-7-2-1-3-8(4-7)6-11/h1-4,6H,5H2. The van der Waals surface area contributed by atoms with Crippen LogP contribution in [0.1, 0.15) is 15.9 Å². The summed E-state index contributed by atoms with van der Waals surface area (Å²) in [6.45, 7) is 0. The second-order valence-corrected chi connectivity index (χ2v) is 2.81. The van der Waals surface area contributed by atoms with Crippen molar-refractivity contribution in [2.24, 2.45) is 0 Å². The maximum atomic E-state index is 10.8. The van der Waals surface area contributed by atoms with Gasteiger partial charge < -0.3 is 3.83 Å². The Morgan fingerprint density at radius 2 is 2.31 bits per heavy atom. The van der Waals surface area contributed by atoms with Crippen molar-refractivity contribution in [1.82, 2.24) is 0 Å². The fourth-order valence-corrected chi connectivity index (χ4v) is 1.08. The van der Waals surface area contributed by atoms with Crippen molar-refractivity contribution in [1.29, 1.82) is 0 Å². The summed E-state index contributed by atoms with van der Waals surface area (Å²) in [6, 6.07) is 6.81. The van der Waals surface area contributed by atoms with E-state index in [1.807, 2.05) is 0 Å². The van der Waals surface area contributed by atoms with Crippen molar-refractivity contribution in [3.63, 3.8) is 0 Å². The average Bonchev–Trinajstić information content (AvgIpc) is 2.18. The van der Waals surface area contributed by atoms with Gasteiger partial charge >= 0.3 is 5.97 Å². The Labute approximate surface area is 84.2 Å². The van der Waals surface area contributed by atoms with Crippen molar-refractivity contribution < 1.29 is 13.4 Å². The van der Waals surface area contributed by atoms with Crippen LogP contribution in [0.25, 0.3) is 0 Å². The van der Waals surface area contributed by atoms with E-state index in [1.165, 1.54) is 0 Å². The third-order valence-corrected chi connectivity index (χ3v) is 1.88. The second-order valence-electron chi connectivity index (χ2n) is 2.49. The number of hydrogen-bond acceptors (Lipinski definition) is 3. The summed E-state index contributed by atoms with van der Waals surface area (Å²) in [4.78, 5) is 21.2. The molecule has 0 spiro atoms. The lowest BCUT2D eigenvalue weighted by atomic mass is 10.1. The van der Waals surface area contributed by atoms with Gasteiger partial charge in [-0.3, -0.25) is 9.59 Å². The molecule has 0 aliphatic carbocycles. The van der Waals surface area contributed by atoms with Gasteiger partial charge in [0.05, 0.1) is 6.42 Å². The largest absolute Gasteiger partial charge is 0.383 e. The normalized spacial score (nSPS) is 9.31. The number of benzene rings is 1. The number of carbonyl (C=O) groups excluding carboxylic acids is 2. The molecule has 0 heterocycles. The quantitative estimate of drug-likeness (QED) is 0.761. The molecule has 0 aliphatic rings. The summed E-state index contributed by atoms with van der Waals surface area (Å²) < 4.78 is 4.31. The summed E-state index contributed by atoms with van der Waals surface area (Å²) >= 11 is 2.59. The Morgan fingerprint density at radius 1 is 1.54 bits per heavy atom. The molecule has 0 fully saturated rings. The van der Waals surface area contributed by atoms with Crippen LogP contribution in [-0.4, -0.2) is 12.3 Å². The number of aldehydes is 1. The third-order valence-electron chi connectivity index (χ3n) is 1.52. The Morgan fingerprint density at radius 3 is 2.92 bits per heavy atom. The Kier molecular flexibility index (Phi) is 3.64. The fraction of sp³-hybridized carbons (Fsp3) is 0.111. The van der Waals surface area contributed by atoms with Crippen LogP contribution in [0.3, 0.4) is 0 Å². The van der Waals surface area contributed by atoms with Crippen molar-refractivity contribution in [3.05, 3.63) is 35.4 Å². The average molecular weight is 243 g/mol. The molecule has 13 heavy (non-hydrogen) atoms. The molecule has 3 nitrogen and oxygen atoms in total. The number of halogens is 1. The first-order valence-electron chi connectivity index (χ1n) is 3.62. The Balaban J connectivity index is 2.77. The van der Waals surface area contributed by atoms with Crippen molar-refractivity contribution in [2.75, 3.05) is 0 Å². The molecular weight excluding hydrogens is 236 g/mol. The number of rotatable bonds is 3. The zero-order chi connectivity index (χ0) is 9.68. The SMILES string of the molecule is O=Cc1cccc(CC(=O)OBr)c1. The number of carbonyl (C=O) groups is 2. The zero-order valence-corrected chi connectivity index (χ0v) is 8.28. The highest BCUT2D eigenvalue weighted by molar-refractivity contribution is 9.06. The molecule has 1 aromatic rings. The molecular formula is C9H7BrO3. The van der Waals surface area contributed by atoms with Crippen LogP contribution >= 0.6 is 16.3 Å². The highest BCUT2D eigenvalue weighted by Gasteiger charge is 2.03. The van der Waals surface area contributed by atoms with Gasteiger partial charge in [-0.25, -0.2) is 0 Å².